The minimum atomic E-state index is -0.492. The van der Waals surface area contributed by atoms with E-state index in [4.69, 9.17) is 4.74 Å². The molecule has 2 bridgehead atoms. The predicted molar refractivity (Wildman–Crippen MR) is 68.9 cm³/mol. The molecule has 0 amide bonds. The van der Waals surface area contributed by atoms with Crippen molar-refractivity contribution in [2.24, 2.45) is 5.92 Å². The summed E-state index contributed by atoms with van der Waals surface area (Å²) in [7, 11) is 0. The van der Waals surface area contributed by atoms with Gasteiger partial charge in [0.1, 0.15) is 5.60 Å². The summed E-state index contributed by atoms with van der Waals surface area (Å²) in [5.41, 5.74) is 0.776. The van der Waals surface area contributed by atoms with E-state index < -0.39 is 5.60 Å². The van der Waals surface area contributed by atoms with Gasteiger partial charge in [0.05, 0.1) is 5.60 Å². The zero-order valence-electron chi connectivity index (χ0n) is 11.5. The van der Waals surface area contributed by atoms with Gasteiger partial charge in [0.25, 0.3) is 0 Å². The molecule has 0 aromatic heterocycles. The second kappa shape index (κ2) is 4.24. The third-order valence-corrected chi connectivity index (χ3v) is 4.51. The molecule has 1 aliphatic carbocycles. The molecule has 0 unspecified atom stereocenters. The van der Waals surface area contributed by atoms with Crippen molar-refractivity contribution in [3.63, 3.8) is 0 Å². The zero-order valence-corrected chi connectivity index (χ0v) is 11.5. The van der Waals surface area contributed by atoms with Crippen molar-refractivity contribution in [2.75, 3.05) is 0 Å². The second-order valence-corrected chi connectivity index (χ2v) is 6.33. The Hall–Kier alpha value is -0.630. The number of rotatable bonds is 3. The van der Waals surface area contributed by atoms with Gasteiger partial charge in [0.15, 0.2) is 5.78 Å². The Morgan fingerprint density at radius 3 is 2.71 bits per heavy atom. The summed E-state index contributed by atoms with van der Waals surface area (Å²) in [4.78, 5) is 11.9. The number of hydrogen-bond acceptors (Lipinski definition) is 2. The standard InChI is InChI=1S/C15H24O2/c1-11(2)6-5-8-14(3)12-7-9-15(4,17-14)13(16)10-12/h6,12H,5,7-10H2,1-4H3/t12-,14-,15+/m1/s1. The van der Waals surface area contributed by atoms with E-state index in [0.717, 1.165) is 32.1 Å². The maximum absolute atomic E-state index is 11.9. The van der Waals surface area contributed by atoms with Gasteiger partial charge in [0.2, 0.25) is 0 Å². The van der Waals surface area contributed by atoms with E-state index in [1.165, 1.54) is 5.57 Å². The fraction of sp³-hybridized carbons (Fsp3) is 0.800. The molecule has 3 rings (SSSR count). The number of allylic oxidation sites excluding steroid dienone is 2. The molecule has 0 radical (unpaired) electrons. The smallest absolute Gasteiger partial charge is 0.164 e. The van der Waals surface area contributed by atoms with Crippen molar-refractivity contribution in [1.82, 2.24) is 0 Å². The molecule has 2 heterocycles. The average molecular weight is 236 g/mol. The molecule has 2 nitrogen and oxygen atoms in total. The largest absolute Gasteiger partial charge is 0.361 e. The van der Waals surface area contributed by atoms with E-state index >= 15 is 0 Å². The van der Waals surface area contributed by atoms with Crippen LogP contribution in [-0.4, -0.2) is 17.0 Å². The third-order valence-electron chi connectivity index (χ3n) is 4.51. The van der Waals surface area contributed by atoms with Gasteiger partial charge >= 0.3 is 0 Å². The third kappa shape index (κ3) is 2.33. The van der Waals surface area contributed by atoms with E-state index in [0.29, 0.717) is 11.7 Å². The van der Waals surface area contributed by atoms with Crippen LogP contribution in [0.4, 0.5) is 0 Å². The maximum atomic E-state index is 11.9. The van der Waals surface area contributed by atoms with Crippen molar-refractivity contribution >= 4 is 5.78 Å². The van der Waals surface area contributed by atoms with Crippen LogP contribution in [0.2, 0.25) is 0 Å². The van der Waals surface area contributed by atoms with Gasteiger partial charge in [-0.1, -0.05) is 11.6 Å². The second-order valence-electron chi connectivity index (χ2n) is 6.33. The van der Waals surface area contributed by atoms with Crippen molar-refractivity contribution in [1.29, 1.82) is 0 Å². The van der Waals surface area contributed by atoms with E-state index in [2.05, 4.69) is 26.8 Å². The number of carbonyl (C=O) groups excluding carboxylic acids is 1. The monoisotopic (exact) mass is 236 g/mol. The van der Waals surface area contributed by atoms with Crippen LogP contribution < -0.4 is 0 Å². The van der Waals surface area contributed by atoms with Crippen LogP contribution in [0.1, 0.15) is 59.8 Å². The molecule has 17 heavy (non-hydrogen) atoms. The molecule has 3 fully saturated rings. The Morgan fingerprint density at radius 2 is 2.18 bits per heavy atom. The van der Waals surface area contributed by atoms with E-state index in [9.17, 15) is 4.79 Å². The van der Waals surface area contributed by atoms with Crippen LogP contribution in [0.15, 0.2) is 11.6 Å². The van der Waals surface area contributed by atoms with Crippen LogP contribution in [0.5, 0.6) is 0 Å². The Kier molecular flexibility index (Phi) is 3.19. The molecule has 0 aromatic carbocycles. The Balaban J connectivity index is 2.07. The molecule has 2 heteroatoms. The minimum absolute atomic E-state index is 0.0904. The number of ether oxygens (including phenoxy) is 1. The lowest BCUT2D eigenvalue weighted by Gasteiger charge is -2.54. The molecule has 0 aromatic rings. The van der Waals surface area contributed by atoms with Crippen molar-refractivity contribution in [3.8, 4) is 0 Å². The van der Waals surface area contributed by atoms with Crippen LogP contribution >= 0.6 is 0 Å². The number of ketones is 1. The summed E-state index contributed by atoms with van der Waals surface area (Å²) in [6.07, 6.45) is 7.14. The Labute approximate surface area is 104 Å². The highest BCUT2D eigenvalue weighted by Crippen LogP contribution is 2.49. The van der Waals surface area contributed by atoms with Crippen molar-refractivity contribution in [3.05, 3.63) is 11.6 Å². The number of fused-ring (bicyclic) bond motifs is 3. The Bertz CT molecular complexity index is 354. The normalized spacial score (nSPS) is 40.5. The van der Waals surface area contributed by atoms with Gasteiger partial charge in [-0.3, -0.25) is 4.79 Å². The van der Waals surface area contributed by atoms with Crippen molar-refractivity contribution < 1.29 is 9.53 Å². The van der Waals surface area contributed by atoms with Crippen LogP contribution in [-0.2, 0) is 9.53 Å². The number of Topliss-reactive ketones (excluding diaryl/α,β-unsaturated/α-hetero) is 1. The van der Waals surface area contributed by atoms with Gasteiger partial charge < -0.3 is 4.74 Å². The zero-order chi connectivity index (χ0) is 12.7. The lowest BCUT2D eigenvalue weighted by atomic mass is 9.66. The first-order valence-electron chi connectivity index (χ1n) is 6.73. The molecular weight excluding hydrogens is 212 g/mol. The molecular formula is C15H24O2. The first-order valence-corrected chi connectivity index (χ1v) is 6.73. The van der Waals surface area contributed by atoms with Crippen LogP contribution in [0.25, 0.3) is 0 Å². The molecule has 2 aliphatic heterocycles. The van der Waals surface area contributed by atoms with E-state index in [-0.39, 0.29) is 5.60 Å². The maximum Gasteiger partial charge on any atom is 0.164 e. The highest BCUT2D eigenvalue weighted by molar-refractivity contribution is 5.88. The molecule has 96 valence electrons. The number of hydrogen-bond donors (Lipinski definition) is 0. The predicted octanol–water partition coefficient (Wildman–Crippen LogP) is 3.65. The summed E-state index contributed by atoms with van der Waals surface area (Å²) in [6.45, 7) is 8.42. The molecule has 0 spiro atoms. The average Bonchev–Trinajstić information content (AvgIpc) is 2.20. The highest BCUT2D eigenvalue weighted by atomic mass is 16.5. The lowest BCUT2D eigenvalue weighted by Crippen LogP contribution is -2.60. The quantitative estimate of drug-likeness (QED) is 0.699. The summed E-state index contributed by atoms with van der Waals surface area (Å²) < 4.78 is 6.18. The Morgan fingerprint density at radius 1 is 1.47 bits per heavy atom. The number of carbonyl (C=O) groups is 1. The first-order chi connectivity index (χ1) is 7.86. The fourth-order valence-electron chi connectivity index (χ4n) is 3.26. The molecule has 0 N–H and O–H groups in total. The molecule has 2 saturated heterocycles. The molecule has 3 atom stereocenters. The van der Waals surface area contributed by atoms with Gasteiger partial charge in [-0.25, -0.2) is 0 Å². The highest BCUT2D eigenvalue weighted by Gasteiger charge is 2.54. The summed E-state index contributed by atoms with van der Waals surface area (Å²) >= 11 is 0. The molecule has 1 saturated carbocycles. The topological polar surface area (TPSA) is 26.3 Å². The van der Waals surface area contributed by atoms with Gasteiger partial charge in [-0.15, -0.1) is 0 Å². The summed E-state index contributed by atoms with van der Waals surface area (Å²) in [5, 5.41) is 0. The molecule has 3 aliphatic rings. The van der Waals surface area contributed by atoms with Gasteiger partial charge in [0, 0.05) is 6.42 Å². The van der Waals surface area contributed by atoms with Crippen molar-refractivity contribution in [2.45, 2.75) is 71.0 Å². The summed E-state index contributed by atoms with van der Waals surface area (Å²) in [5.74, 6) is 0.746. The minimum Gasteiger partial charge on any atom is -0.361 e. The van der Waals surface area contributed by atoms with Crippen LogP contribution in [0, 0.1) is 5.92 Å². The lowest BCUT2D eigenvalue weighted by molar-refractivity contribution is -0.228. The fourth-order valence-corrected chi connectivity index (χ4v) is 3.26. The van der Waals surface area contributed by atoms with Gasteiger partial charge in [-0.2, -0.15) is 0 Å². The van der Waals surface area contributed by atoms with E-state index in [1.54, 1.807) is 0 Å². The van der Waals surface area contributed by atoms with Crippen LogP contribution in [0.3, 0.4) is 0 Å². The van der Waals surface area contributed by atoms with Gasteiger partial charge in [-0.05, 0) is 59.3 Å². The SMILES string of the molecule is CC(C)=CCC[C@@]1(C)O[C@@]2(C)CC[C@@H]1CC2=O. The first kappa shape index (κ1) is 12.8. The van der Waals surface area contributed by atoms with E-state index in [1.807, 2.05) is 6.92 Å². The summed E-state index contributed by atoms with van der Waals surface area (Å²) in [6, 6.07) is 0.